The van der Waals surface area contributed by atoms with Crippen molar-refractivity contribution in [1.82, 2.24) is 9.97 Å². The van der Waals surface area contributed by atoms with E-state index in [1.165, 1.54) is 19.3 Å². The molecule has 0 spiro atoms. The predicted molar refractivity (Wildman–Crippen MR) is 89.9 cm³/mol. The number of nitrogens with zero attached hydrogens (tertiary/aromatic N) is 3. The zero-order chi connectivity index (χ0) is 16.4. The largest absolute Gasteiger partial charge is 0.493 e. The van der Waals surface area contributed by atoms with Crippen molar-refractivity contribution in [2.45, 2.75) is 32.2 Å². The number of methoxy groups -OCH3 is 3. The van der Waals surface area contributed by atoms with E-state index >= 15 is 0 Å². The molecule has 0 amide bonds. The van der Waals surface area contributed by atoms with Crippen molar-refractivity contribution in [2.24, 2.45) is 0 Å². The van der Waals surface area contributed by atoms with Crippen LogP contribution in [0.15, 0.2) is 12.4 Å². The Labute approximate surface area is 136 Å². The molecule has 1 atom stereocenters. The van der Waals surface area contributed by atoms with Crippen molar-refractivity contribution in [2.75, 3.05) is 32.8 Å². The maximum atomic E-state index is 5.55. The predicted octanol–water partition coefficient (Wildman–Crippen LogP) is 3.03. The number of hydrogen-bond donors (Lipinski definition) is 0. The molecule has 6 nitrogen and oxygen atoms in total. The van der Waals surface area contributed by atoms with Gasteiger partial charge in [-0.15, -0.1) is 0 Å². The quantitative estimate of drug-likeness (QED) is 0.864. The summed E-state index contributed by atoms with van der Waals surface area (Å²) in [5.41, 5.74) is 0.743. The van der Waals surface area contributed by atoms with Crippen LogP contribution in [0.2, 0.25) is 0 Å². The van der Waals surface area contributed by atoms with Gasteiger partial charge in [0.05, 0.1) is 26.7 Å². The topological polar surface area (TPSA) is 56.7 Å². The molecule has 3 rings (SSSR count). The fourth-order valence-corrected chi connectivity index (χ4v) is 3.29. The van der Waals surface area contributed by atoms with Gasteiger partial charge in [-0.25, -0.2) is 9.97 Å². The van der Waals surface area contributed by atoms with Crippen LogP contribution in [0.3, 0.4) is 0 Å². The average Bonchev–Trinajstić information content (AvgIpc) is 2.59. The highest BCUT2D eigenvalue weighted by atomic mass is 16.5. The maximum Gasteiger partial charge on any atom is 0.205 e. The third-order valence-electron chi connectivity index (χ3n) is 4.49. The molecule has 1 saturated heterocycles. The Hall–Kier alpha value is -2.24. The lowest BCUT2D eigenvalue weighted by Gasteiger charge is -2.35. The number of piperidine rings is 1. The van der Waals surface area contributed by atoms with E-state index in [0.29, 0.717) is 23.3 Å². The van der Waals surface area contributed by atoms with Gasteiger partial charge in [0, 0.05) is 12.6 Å². The van der Waals surface area contributed by atoms with Gasteiger partial charge in [-0.1, -0.05) is 0 Å². The number of aromatic nitrogens is 2. The van der Waals surface area contributed by atoms with Gasteiger partial charge < -0.3 is 19.1 Å². The smallest absolute Gasteiger partial charge is 0.205 e. The number of anilines is 1. The molecule has 1 unspecified atom stereocenters. The lowest BCUT2D eigenvalue weighted by Crippen LogP contribution is -2.38. The molecule has 0 N–H and O–H groups in total. The molecule has 1 aromatic carbocycles. The van der Waals surface area contributed by atoms with Gasteiger partial charge in [-0.05, 0) is 32.3 Å². The SMILES string of the molecule is COc1cc2c(N3CCCCC3C)ncnc2c(OC)c1OC. The highest BCUT2D eigenvalue weighted by molar-refractivity contribution is 5.97. The van der Waals surface area contributed by atoms with Crippen LogP contribution in [0, 0.1) is 0 Å². The molecule has 0 bridgehead atoms. The van der Waals surface area contributed by atoms with E-state index in [4.69, 9.17) is 14.2 Å². The molecule has 2 heterocycles. The first kappa shape index (κ1) is 15.6. The van der Waals surface area contributed by atoms with Crippen LogP contribution in [-0.4, -0.2) is 43.9 Å². The van der Waals surface area contributed by atoms with E-state index in [1.54, 1.807) is 27.7 Å². The summed E-state index contributed by atoms with van der Waals surface area (Å²) in [6, 6.07) is 2.40. The van der Waals surface area contributed by atoms with Crippen LogP contribution >= 0.6 is 0 Å². The number of rotatable bonds is 4. The zero-order valence-corrected chi connectivity index (χ0v) is 14.1. The highest BCUT2D eigenvalue weighted by Gasteiger charge is 2.25. The Morgan fingerprint density at radius 3 is 2.48 bits per heavy atom. The first-order valence-corrected chi connectivity index (χ1v) is 7.91. The second-order valence-electron chi connectivity index (χ2n) is 5.78. The summed E-state index contributed by atoms with van der Waals surface area (Å²) < 4.78 is 16.5. The molecule has 1 aromatic heterocycles. The summed E-state index contributed by atoms with van der Waals surface area (Å²) in [7, 11) is 4.83. The molecule has 124 valence electrons. The number of hydrogen-bond acceptors (Lipinski definition) is 6. The molecule has 1 fully saturated rings. The molecule has 1 aliphatic rings. The Morgan fingerprint density at radius 1 is 1.04 bits per heavy atom. The minimum atomic E-state index is 0.459. The monoisotopic (exact) mass is 317 g/mol. The Kier molecular flexibility index (Phi) is 4.41. The molecule has 0 saturated carbocycles. The van der Waals surface area contributed by atoms with Crippen molar-refractivity contribution in [3.63, 3.8) is 0 Å². The molecule has 1 aliphatic heterocycles. The Balaban J connectivity index is 2.24. The van der Waals surface area contributed by atoms with Crippen LogP contribution in [-0.2, 0) is 0 Å². The third kappa shape index (κ3) is 2.62. The Bertz CT molecular complexity index is 705. The van der Waals surface area contributed by atoms with Gasteiger partial charge in [-0.2, -0.15) is 0 Å². The fraction of sp³-hybridized carbons (Fsp3) is 0.529. The molecule has 0 aliphatic carbocycles. The minimum Gasteiger partial charge on any atom is -0.493 e. The lowest BCUT2D eigenvalue weighted by molar-refractivity contribution is 0.327. The average molecular weight is 317 g/mol. The second-order valence-corrected chi connectivity index (χ2v) is 5.78. The first-order chi connectivity index (χ1) is 11.2. The van der Waals surface area contributed by atoms with E-state index < -0.39 is 0 Å². The van der Waals surface area contributed by atoms with Crippen LogP contribution in [0.1, 0.15) is 26.2 Å². The molecular weight excluding hydrogens is 294 g/mol. The van der Waals surface area contributed by atoms with Gasteiger partial charge in [0.2, 0.25) is 5.75 Å². The third-order valence-corrected chi connectivity index (χ3v) is 4.49. The molecule has 23 heavy (non-hydrogen) atoms. The van der Waals surface area contributed by atoms with E-state index in [-0.39, 0.29) is 0 Å². The number of fused-ring (bicyclic) bond motifs is 1. The normalized spacial score (nSPS) is 18.1. The van der Waals surface area contributed by atoms with Gasteiger partial charge >= 0.3 is 0 Å². The van der Waals surface area contributed by atoms with Crippen molar-refractivity contribution in [3.05, 3.63) is 12.4 Å². The summed E-state index contributed by atoms with van der Waals surface area (Å²) in [5, 5.41) is 0.927. The number of ether oxygens (including phenoxy) is 3. The van der Waals surface area contributed by atoms with E-state index in [2.05, 4.69) is 21.8 Å². The van der Waals surface area contributed by atoms with Crippen molar-refractivity contribution in [3.8, 4) is 17.2 Å². The van der Waals surface area contributed by atoms with Gasteiger partial charge in [0.15, 0.2) is 11.5 Å². The number of benzene rings is 1. The summed E-state index contributed by atoms with van der Waals surface area (Å²) in [4.78, 5) is 11.3. The van der Waals surface area contributed by atoms with Crippen LogP contribution in [0.5, 0.6) is 17.2 Å². The van der Waals surface area contributed by atoms with E-state index in [9.17, 15) is 0 Å². The fourth-order valence-electron chi connectivity index (χ4n) is 3.29. The summed E-state index contributed by atoms with van der Waals surface area (Å²) in [6.45, 7) is 3.25. The minimum absolute atomic E-state index is 0.459. The standard InChI is InChI=1S/C17H23N3O3/c1-11-7-5-6-8-20(11)17-12-9-13(21-2)15(22-3)16(23-4)14(12)18-10-19-17/h9-11H,5-8H2,1-4H3. The van der Waals surface area contributed by atoms with E-state index in [1.807, 2.05) is 6.07 Å². The molecule has 0 radical (unpaired) electrons. The second kappa shape index (κ2) is 6.48. The summed E-state index contributed by atoms with van der Waals surface area (Å²) >= 11 is 0. The van der Waals surface area contributed by atoms with Crippen molar-refractivity contribution in [1.29, 1.82) is 0 Å². The van der Waals surface area contributed by atoms with Crippen LogP contribution in [0.25, 0.3) is 10.9 Å². The van der Waals surface area contributed by atoms with Gasteiger partial charge in [0.1, 0.15) is 17.7 Å². The van der Waals surface area contributed by atoms with Crippen molar-refractivity contribution < 1.29 is 14.2 Å². The lowest BCUT2D eigenvalue weighted by atomic mass is 10.0. The summed E-state index contributed by atoms with van der Waals surface area (Å²) in [6.07, 6.45) is 5.21. The first-order valence-electron chi connectivity index (χ1n) is 7.91. The van der Waals surface area contributed by atoms with Gasteiger partial charge in [0.25, 0.3) is 0 Å². The molecule has 2 aromatic rings. The van der Waals surface area contributed by atoms with Crippen LogP contribution in [0.4, 0.5) is 5.82 Å². The molecular formula is C17H23N3O3. The van der Waals surface area contributed by atoms with Crippen molar-refractivity contribution >= 4 is 16.7 Å². The zero-order valence-electron chi connectivity index (χ0n) is 14.1. The van der Waals surface area contributed by atoms with Gasteiger partial charge in [-0.3, -0.25) is 0 Å². The molecule has 6 heteroatoms. The maximum absolute atomic E-state index is 5.55. The van der Waals surface area contributed by atoms with E-state index in [0.717, 1.165) is 23.3 Å². The Morgan fingerprint density at radius 2 is 1.83 bits per heavy atom. The van der Waals surface area contributed by atoms with Crippen LogP contribution < -0.4 is 19.1 Å². The summed E-state index contributed by atoms with van der Waals surface area (Å²) in [5.74, 6) is 2.69. The highest BCUT2D eigenvalue weighted by Crippen LogP contribution is 2.44.